The van der Waals surface area contributed by atoms with Gasteiger partial charge in [-0.05, 0) is 35.0 Å². The third-order valence-corrected chi connectivity index (χ3v) is 3.48. The number of carbonyl (C=O) groups is 1. The van der Waals surface area contributed by atoms with Crippen molar-refractivity contribution >= 4 is 5.97 Å². The number of allylic oxidation sites excluding steroid dienone is 2. The second-order valence-corrected chi connectivity index (χ2v) is 7.65. The van der Waals surface area contributed by atoms with Crippen LogP contribution < -0.4 is 0 Å². The van der Waals surface area contributed by atoms with Crippen LogP contribution in [0.15, 0.2) is 23.3 Å². The molecule has 0 amide bonds. The number of halogens is 3. The maximum absolute atomic E-state index is 12.5. The summed E-state index contributed by atoms with van der Waals surface area (Å²) in [5.74, 6) is -2.16. The molecule has 0 aromatic heterocycles. The number of alkyl halides is 3. The van der Waals surface area contributed by atoms with Crippen molar-refractivity contribution < 1.29 is 22.7 Å². The molecule has 120 valence electrons. The van der Waals surface area contributed by atoms with Gasteiger partial charge in [-0.1, -0.05) is 47.6 Å². The molecule has 0 saturated heterocycles. The first kappa shape index (κ1) is 17.8. The molecule has 0 bridgehead atoms. The van der Waals surface area contributed by atoms with Crippen molar-refractivity contribution in [1.82, 2.24) is 0 Å². The summed E-state index contributed by atoms with van der Waals surface area (Å²) >= 11 is 0. The van der Waals surface area contributed by atoms with E-state index in [0.29, 0.717) is 5.57 Å². The molecule has 0 radical (unpaired) electrons. The summed E-state index contributed by atoms with van der Waals surface area (Å²) in [5, 5.41) is 0. The molecule has 1 unspecified atom stereocenters. The first-order valence-electron chi connectivity index (χ1n) is 6.83. The zero-order valence-corrected chi connectivity index (χ0v) is 13.6. The summed E-state index contributed by atoms with van der Waals surface area (Å²) in [7, 11) is 0. The lowest BCUT2D eigenvalue weighted by Gasteiger charge is -2.34. The van der Waals surface area contributed by atoms with Crippen molar-refractivity contribution in [3.63, 3.8) is 0 Å². The third-order valence-electron chi connectivity index (χ3n) is 3.48. The minimum atomic E-state index is -5.00. The Morgan fingerprint density at radius 3 is 1.86 bits per heavy atom. The SMILES string of the molecule is CC(C)(C)C1=CC(C)(OC(=O)C(F)(F)F)C(C(C)(C)C)=C1. The van der Waals surface area contributed by atoms with Gasteiger partial charge >= 0.3 is 12.1 Å². The Balaban J connectivity index is 3.27. The molecule has 0 aromatic carbocycles. The second kappa shape index (κ2) is 4.89. The van der Waals surface area contributed by atoms with Crippen LogP contribution in [0.2, 0.25) is 0 Å². The van der Waals surface area contributed by atoms with Crippen molar-refractivity contribution in [2.75, 3.05) is 0 Å². The zero-order valence-electron chi connectivity index (χ0n) is 13.6. The highest BCUT2D eigenvalue weighted by Gasteiger charge is 2.49. The molecule has 0 N–H and O–H groups in total. The second-order valence-electron chi connectivity index (χ2n) is 7.65. The molecule has 21 heavy (non-hydrogen) atoms. The normalized spacial score (nSPS) is 23.7. The Bertz CT molecular complexity index is 499. The molecule has 0 aromatic rings. The van der Waals surface area contributed by atoms with E-state index < -0.39 is 23.2 Å². The molecule has 0 heterocycles. The molecule has 1 rings (SSSR count). The standard InChI is InChI=1S/C16H23F3O2/c1-13(2,3)10-8-11(14(4,5)6)15(7,9-10)21-12(20)16(17,18)19/h8-9H,1-7H3. The van der Waals surface area contributed by atoms with Gasteiger partial charge in [0.25, 0.3) is 0 Å². The summed E-state index contributed by atoms with van der Waals surface area (Å²) in [5.41, 5.74) is -0.487. The summed E-state index contributed by atoms with van der Waals surface area (Å²) in [6.07, 6.45) is -1.52. The lowest BCUT2D eigenvalue weighted by molar-refractivity contribution is -0.207. The molecule has 1 aliphatic rings. The summed E-state index contributed by atoms with van der Waals surface area (Å²) in [4.78, 5) is 11.3. The highest BCUT2D eigenvalue weighted by atomic mass is 19.4. The Morgan fingerprint density at radius 1 is 1.05 bits per heavy atom. The molecule has 0 fully saturated rings. The van der Waals surface area contributed by atoms with E-state index in [4.69, 9.17) is 4.74 Å². The molecule has 1 aliphatic carbocycles. The van der Waals surface area contributed by atoms with Crippen LogP contribution in [-0.4, -0.2) is 17.7 Å². The number of esters is 1. The largest absolute Gasteiger partial charge is 0.490 e. The topological polar surface area (TPSA) is 26.3 Å². The molecule has 0 saturated carbocycles. The van der Waals surface area contributed by atoms with Crippen molar-refractivity contribution in [3.05, 3.63) is 23.3 Å². The molecular weight excluding hydrogens is 281 g/mol. The highest BCUT2D eigenvalue weighted by Crippen LogP contribution is 2.47. The molecule has 1 atom stereocenters. The zero-order chi connectivity index (χ0) is 16.9. The molecule has 2 nitrogen and oxygen atoms in total. The van der Waals surface area contributed by atoms with Gasteiger partial charge in [-0.15, -0.1) is 0 Å². The van der Waals surface area contributed by atoms with Gasteiger partial charge in [-0.25, -0.2) is 4.79 Å². The van der Waals surface area contributed by atoms with Crippen LogP contribution in [0.1, 0.15) is 48.5 Å². The molecule has 0 spiro atoms. The van der Waals surface area contributed by atoms with Crippen molar-refractivity contribution in [2.45, 2.75) is 60.2 Å². The fourth-order valence-electron chi connectivity index (χ4n) is 2.44. The fourth-order valence-corrected chi connectivity index (χ4v) is 2.44. The first-order valence-corrected chi connectivity index (χ1v) is 6.83. The van der Waals surface area contributed by atoms with Gasteiger partial charge in [0, 0.05) is 0 Å². The van der Waals surface area contributed by atoms with Gasteiger partial charge in [0.15, 0.2) is 5.60 Å². The summed E-state index contributed by atoms with van der Waals surface area (Å²) < 4.78 is 42.4. The number of hydrogen-bond donors (Lipinski definition) is 0. The van der Waals surface area contributed by atoms with Gasteiger partial charge in [0.2, 0.25) is 0 Å². The van der Waals surface area contributed by atoms with Crippen molar-refractivity contribution in [1.29, 1.82) is 0 Å². The minimum Gasteiger partial charge on any atom is -0.444 e. The lowest BCUT2D eigenvalue weighted by Crippen LogP contribution is -2.40. The van der Waals surface area contributed by atoms with Gasteiger partial charge in [-0.2, -0.15) is 13.2 Å². The van der Waals surface area contributed by atoms with E-state index in [-0.39, 0.29) is 5.41 Å². The van der Waals surface area contributed by atoms with E-state index in [0.717, 1.165) is 5.57 Å². The van der Waals surface area contributed by atoms with Crippen molar-refractivity contribution in [3.8, 4) is 0 Å². The monoisotopic (exact) mass is 304 g/mol. The number of carbonyl (C=O) groups excluding carboxylic acids is 1. The fraction of sp³-hybridized carbons (Fsp3) is 0.688. The number of hydrogen-bond acceptors (Lipinski definition) is 2. The Kier molecular flexibility index (Phi) is 4.14. The maximum atomic E-state index is 12.5. The highest BCUT2D eigenvalue weighted by molar-refractivity contribution is 5.77. The number of rotatable bonds is 1. The first-order chi connectivity index (χ1) is 9.07. The Labute approximate surface area is 124 Å². The van der Waals surface area contributed by atoms with E-state index in [1.807, 2.05) is 47.6 Å². The maximum Gasteiger partial charge on any atom is 0.490 e. The van der Waals surface area contributed by atoms with Crippen LogP contribution in [0.5, 0.6) is 0 Å². The van der Waals surface area contributed by atoms with Gasteiger partial charge in [-0.3, -0.25) is 0 Å². The average molecular weight is 304 g/mol. The van der Waals surface area contributed by atoms with E-state index in [9.17, 15) is 18.0 Å². The quantitative estimate of drug-likeness (QED) is 0.650. The average Bonchev–Trinajstić information content (AvgIpc) is 2.53. The third kappa shape index (κ3) is 3.89. The van der Waals surface area contributed by atoms with Crippen LogP contribution in [0.4, 0.5) is 13.2 Å². The molecule has 0 aliphatic heterocycles. The van der Waals surface area contributed by atoms with Crippen LogP contribution >= 0.6 is 0 Å². The molecule has 5 heteroatoms. The van der Waals surface area contributed by atoms with E-state index >= 15 is 0 Å². The van der Waals surface area contributed by atoms with Gasteiger partial charge in [0.05, 0.1) is 0 Å². The summed E-state index contributed by atoms with van der Waals surface area (Å²) in [6, 6.07) is 0. The van der Waals surface area contributed by atoms with Crippen LogP contribution in [0.3, 0.4) is 0 Å². The van der Waals surface area contributed by atoms with Crippen LogP contribution in [-0.2, 0) is 9.53 Å². The van der Waals surface area contributed by atoms with E-state index in [1.54, 1.807) is 6.08 Å². The van der Waals surface area contributed by atoms with Crippen LogP contribution in [0.25, 0.3) is 0 Å². The summed E-state index contributed by atoms with van der Waals surface area (Å²) in [6.45, 7) is 13.1. The smallest absolute Gasteiger partial charge is 0.444 e. The van der Waals surface area contributed by atoms with E-state index in [1.165, 1.54) is 6.92 Å². The number of ether oxygens (including phenoxy) is 1. The van der Waals surface area contributed by atoms with E-state index in [2.05, 4.69) is 0 Å². The van der Waals surface area contributed by atoms with Gasteiger partial charge < -0.3 is 4.74 Å². The van der Waals surface area contributed by atoms with Crippen LogP contribution in [0, 0.1) is 10.8 Å². The Morgan fingerprint density at radius 2 is 1.52 bits per heavy atom. The van der Waals surface area contributed by atoms with Crippen molar-refractivity contribution in [2.24, 2.45) is 10.8 Å². The Hall–Kier alpha value is -1.26. The molecular formula is C16H23F3O2. The predicted molar refractivity (Wildman–Crippen MR) is 75.6 cm³/mol. The minimum absolute atomic E-state index is 0.237. The van der Waals surface area contributed by atoms with Gasteiger partial charge in [0.1, 0.15) is 0 Å². The predicted octanol–water partition coefficient (Wildman–Crippen LogP) is 4.81. The lowest BCUT2D eigenvalue weighted by atomic mass is 9.78.